The Morgan fingerprint density at radius 1 is 1.12 bits per heavy atom. The molecular formula is C27H32F4N2O. The van der Waals surface area contributed by atoms with Crippen LogP contribution >= 0.6 is 0 Å². The summed E-state index contributed by atoms with van der Waals surface area (Å²) in [4.78, 5) is 1.61. The summed E-state index contributed by atoms with van der Waals surface area (Å²) in [5.41, 5.74) is 4.43. The lowest BCUT2D eigenvalue weighted by atomic mass is 9.75. The van der Waals surface area contributed by atoms with E-state index in [-0.39, 0.29) is 12.7 Å². The van der Waals surface area contributed by atoms with Crippen LogP contribution in [0.3, 0.4) is 0 Å². The highest BCUT2D eigenvalue weighted by atomic mass is 19.4. The zero-order valence-electron chi connectivity index (χ0n) is 19.7. The largest absolute Gasteiger partial charge is 0.492 e. The highest BCUT2D eigenvalue weighted by Crippen LogP contribution is 2.52. The SMILES string of the molecule is C[C@@H]1CC2=C(Cc3ccccc32)[C@@](C)(c2cccc(OCCNCCCF)c2)N1CC(F)(F)F. The van der Waals surface area contributed by atoms with E-state index < -0.39 is 18.3 Å². The minimum atomic E-state index is -4.31. The van der Waals surface area contributed by atoms with E-state index in [1.807, 2.05) is 50.2 Å². The van der Waals surface area contributed by atoms with Gasteiger partial charge in [0.05, 0.1) is 18.8 Å². The smallest absolute Gasteiger partial charge is 0.401 e. The first kappa shape index (κ1) is 24.7. The molecule has 0 fully saturated rings. The first-order chi connectivity index (χ1) is 16.2. The summed E-state index contributed by atoms with van der Waals surface area (Å²) < 4.78 is 59.3. The number of fused-ring (bicyclic) bond motifs is 2. The molecule has 0 bridgehead atoms. The molecule has 7 heteroatoms. The number of benzene rings is 2. The molecule has 0 saturated heterocycles. The van der Waals surface area contributed by atoms with Gasteiger partial charge in [0.1, 0.15) is 12.4 Å². The Balaban J connectivity index is 1.67. The summed E-state index contributed by atoms with van der Waals surface area (Å²) in [5.74, 6) is 0.619. The molecule has 1 aliphatic carbocycles. The van der Waals surface area contributed by atoms with Gasteiger partial charge in [0, 0.05) is 12.6 Å². The Morgan fingerprint density at radius 2 is 1.91 bits per heavy atom. The number of hydrogen-bond donors (Lipinski definition) is 1. The van der Waals surface area contributed by atoms with Crippen molar-refractivity contribution < 1.29 is 22.3 Å². The minimum Gasteiger partial charge on any atom is -0.492 e. The molecule has 2 aromatic rings. The van der Waals surface area contributed by atoms with Crippen LogP contribution in [-0.2, 0) is 12.0 Å². The second-order valence-electron chi connectivity index (χ2n) is 9.33. The molecule has 1 heterocycles. The molecule has 0 amide bonds. The van der Waals surface area contributed by atoms with Gasteiger partial charge in [-0.3, -0.25) is 9.29 Å². The molecule has 2 atom stereocenters. The predicted molar refractivity (Wildman–Crippen MR) is 127 cm³/mol. The molecule has 0 aromatic heterocycles. The van der Waals surface area contributed by atoms with Gasteiger partial charge in [-0.15, -0.1) is 0 Å². The number of alkyl halides is 4. The third-order valence-electron chi connectivity index (χ3n) is 7.05. The van der Waals surface area contributed by atoms with Crippen molar-refractivity contribution in [2.24, 2.45) is 0 Å². The molecule has 0 unspecified atom stereocenters. The summed E-state index contributed by atoms with van der Waals surface area (Å²) in [6.07, 6.45) is -2.61. The van der Waals surface area contributed by atoms with Crippen LogP contribution in [-0.4, -0.2) is 50.0 Å². The zero-order chi connectivity index (χ0) is 24.3. The quantitative estimate of drug-likeness (QED) is 0.361. The van der Waals surface area contributed by atoms with Gasteiger partial charge in [-0.05, 0) is 79.6 Å². The molecule has 34 heavy (non-hydrogen) atoms. The lowest BCUT2D eigenvalue weighted by Crippen LogP contribution is -2.55. The van der Waals surface area contributed by atoms with E-state index in [9.17, 15) is 17.6 Å². The number of halogens is 4. The molecule has 4 rings (SSSR count). The third-order valence-corrected chi connectivity index (χ3v) is 7.05. The monoisotopic (exact) mass is 476 g/mol. The molecule has 1 N–H and O–H groups in total. The Bertz CT molecular complexity index is 1040. The van der Waals surface area contributed by atoms with Crippen molar-refractivity contribution in [2.75, 3.05) is 32.9 Å². The Hall–Kier alpha value is -2.38. The van der Waals surface area contributed by atoms with Gasteiger partial charge in [-0.1, -0.05) is 36.4 Å². The standard InChI is InChI=1S/C27H32F4N2O/c1-19-15-24-23-10-4-3-7-20(23)16-25(24)26(2,33(19)18-27(29,30)31)21-8-5-9-22(17-21)34-14-13-32-12-6-11-28/h3-5,7-10,17,19,32H,6,11-16,18H2,1-2H3/t19-,26-/m1/s1. The minimum absolute atomic E-state index is 0.277. The maximum absolute atomic E-state index is 13.7. The summed E-state index contributed by atoms with van der Waals surface area (Å²) in [7, 11) is 0. The average Bonchev–Trinajstić information content (AvgIpc) is 3.18. The van der Waals surface area contributed by atoms with Crippen molar-refractivity contribution in [3.05, 3.63) is 70.8 Å². The summed E-state index contributed by atoms with van der Waals surface area (Å²) >= 11 is 0. The van der Waals surface area contributed by atoms with Gasteiger partial charge in [0.15, 0.2) is 0 Å². The second-order valence-corrected chi connectivity index (χ2v) is 9.33. The van der Waals surface area contributed by atoms with Gasteiger partial charge in [-0.2, -0.15) is 13.2 Å². The molecule has 2 aromatic carbocycles. The fourth-order valence-electron chi connectivity index (χ4n) is 5.44. The molecule has 184 valence electrons. The lowest BCUT2D eigenvalue weighted by molar-refractivity contribution is -0.163. The fraction of sp³-hybridized carbons (Fsp3) is 0.481. The fourth-order valence-corrected chi connectivity index (χ4v) is 5.44. The van der Waals surface area contributed by atoms with Crippen LogP contribution in [0, 0.1) is 0 Å². The van der Waals surface area contributed by atoms with E-state index in [2.05, 4.69) is 17.4 Å². The van der Waals surface area contributed by atoms with Crippen LogP contribution in [0.2, 0.25) is 0 Å². The van der Waals surface area contributed by atoms with Gasteiger partial charge < -0.3 is 10.1 Å². The maximum atomic E-state index is 13.7. The van der Waals surface area contributed by atoms with Gasteiger partial charge >= 0.3 is 6.18 Å². The van der Waals surface area contributed by atoms with E-state index in [1.165, 1.54) is 11.1 Å². The van der Waals surface area contributed by atoms with Crippen LogP contribution in [0.15, 0.2) is 54.1 Å². The van der Waals surface area contributed by atoms with Crippen molar-refractivity contribution in [1.29, 1.82) is 0 Å². The molecule has 3 nitrogen and oxygen atoms in total. The third kappa shape index (κ3) is 5.01. The van der Waals surface area contributed by atoms with Crippen molar-refractivity contribution in [3.8, 4) is 5.75 Å². The Morgan fingerprint density at radius 3 is 2.68 bits per heavy atom. The number of hydrogen-bond acceptors (Lipinski definition) is 3. The van der Waals surface area contributed by atoms with Crippen LogP contribution in [0.25, 0.3) is 5.57 Å². The number of nitrogens with zero attached hydrogens (tertiary/aromatic N) is 1. The normalized spacial score (nSPS) is 22.6. The van der Waals surface area contributed by atoms with Gasteiger partial charge in [0.25, 0.3) is 0 Å². The summed E-state index contributed by atoms with van der Waals surface area (Å²) in [6.45, 7) is 4.04. The maximum Gasteiger partial charge on any atom is 0.401 e. The molecule has 1 aliphatic heterocycles. The molecule has 0 saturated carbocycles. The predicted octanol–water partition coefficient (Wildman–Crippen LogP) is 5.90. The van der Waals surface area contributed by atoms with Crippen molar-refractivity contribution >= 4 is 5.57 Å². The van der Waals surface area contributed by atoms with Crippen molar-refractivity contribution in [2.45, 2.75) is 50.9 Å². The molecule has 0 radical (unpaired) electrons. The van der Waals surface area contributed by atoms with Crippen LogP contribution in [0.5, 0.6) is 5.75 Å². The number of rotatable bonds is 9. The second kappa shape index (κ2) is 10.1. The Kier molecular flexibility index (Phi) is 7.33. The molecule has 0 spiro atoms. The van der Waals surface area contributed by atoms with Gasteiger partial charge in [0.2, 0.25) is 0 Å². The zero-order valence-corrected chi connectivity index (χ0v) is 19.7. The topological polar surface area (TPSA) is 24.5 Å². The van der Waals surface area contributed by atoms with E-state index >= 15 is 0 Å². The highest BCUT2D eigenvalue weighted by molar-refractivity contribution is 5.80. The highest BCUT2D eigenvalue weighted by Gasteiger charge is 2.50. The first-order valence-corrected chi connectivity index (χ1v) is 11.9. The van der Waals surface area contributed by atoms with Crippen molar-refractivity contribution in [1.82, 2.24) is 10.2 Å². The number of ether oxygens (including phenoxy) is 1. The Labute approximate surface area is 198 Å². The summed E-state index contributed by atoms with van der Waals surface area (Å²) in [6, 6.07) is 15.3. The van der Waals surface area contributed by atoms with Crippen LogP contribution in [0.4, 0.5) is 17.6 Å². The van der Waals surface area contributed by atoms with Crippen LogP contribution in [0.1, 0.15) is 43.4 Å². The van der Waals surface area contributed by atoms with E-state index in [0.29, 0.717) is 44.7 Å². The molecule has 2 aliphatic rings. The number of nitrogens with one attached hydrogen (secondary N) is 1. The molecular weight excluding hydrogens is 444 g/mol. The average molecular weight is 477 g/mol. The van der Waals surface area contributed by atoms with E-state index in [4.69, 9.17) is 4.74 Å². The van der Waals surface area contributed by atoms with Crippen LogP contribution < -0.4 is 10.1 Å². The first-order valence-electron chi connectivity index (χ1n) is 11.9. The summed E-state index contributed by atoms with van der Waals surface area (Å²) in [5, 5.41) is 3.12. The van der Waals surface area contributed by atoms with E-state index in [1.54, 1.807) is 4.90 Å². The lowest BCUT2D eigenvalue weighted by Gasteiger charge is -2.50. The van der Waals surface area contributed by atoms with E-state index in [0.717, 1.165) is 16.7 Å². The van der Waals surface area contributed by atoms with Gasteiger partial charge in [-0.25, -0.2) is 0 Å². The van der Waals surface area contributed by atoms with Crippen molar-refractivity contribution in [3.63, 3.8) is 0 Å².